The highest BCUT2D eigenvalue weighted by molar-refractivity contribution is 9.10. The third kappa shape index (κ3) is 3.36. The Morgan fingerprint density at radius 3 is 2.24 bits per heavy atom. The number of rotatable bonds is 3. The fourth-order valence-electron chi connectivity index (χ4n) is 2.13. The Hall–Kier alpha value is -1.60. The van der Waals surface area contributed by atoms with Gasteiger partial charge in [0.2, 0.25) is 0 Å². The van der Waals surface area contributed by atoms with Crippen LogP contribution in [-0.4, -0.2) is 8.42 Å². The summed E-state index contributed by atoms with van der Waals surface area (Å²) in [7, 11) is -3.81. The highest BCUT2D eigenvalue weighted by atomic mass is 79.9. The van der Waals surface area contributed by atoms with Crippen molar-refractivity contribution in [2.24, 2.45) is 0 Å². The molecule has 0 saturated heterocycles. The molecule has 2 aromatic carbocycles. The zero-order valence-electron chi connectivity index (χ0n) is 11.4. The molecule has 0 fully saturated rings. The normalized spacial score (nSPS) is 11.4. The van der Waals surface area contributed by atoms with Crippen LogP contribution in [0.1, 0.15) is 11.1 Å². The minimum atomic E-state index is -3.81. The van der Waals surface area contributed by atoms with Gasteiger partial charge in [0.05, 0.1) is 10.6 Å². The van der Waals surface area contributed by atoms with Crippen molar-refractivity contribution in [2.45, 2.75) is 18.7 Å². The van der Waals surface area contributed by atoms with E-state index in [0.29, 0.717) is 27.0 Å². The second-order valence-electron chi connectivity index (χ2n) is 4.71. The van der Waals surface area contributed by atoms with Gasteiger partial charge in [0.15, 0.2) is 0 Å². The highest BCUT2D eigenvalue weighted by Gasteiger charge is 2.21. The summed E-state index contributed by atoms with van der Waals surface area (Å²) >= 11 is 3.25. The average molecular weight is 373 g/mol. The Bertz CT molecular complexity index is 784. The molecule has 0 spiro atoms. The average Bonchev–Trinajstić information content (AvgIpc) is 2.30. The minimum absolute atomic E-state index is 0.0765. The van der Waals surface area contributed by atoms with Crippen LogP contribution in [0, 0.1) is 19.7 Å². The van der Waals surface area contributed by atoms with Crippen molar-refractivity contribution in [2.75, 3.05) is 10.5 Å². The van der Waals surface area contributed by atoms with E-state index in [2.05, 4.69) is 20.7 Å². The Kier molecular flexibility index (Phi) is 4.25. The summed E-state index contributed by atoms with van der Waals surface area (Å²) in [5, 5.41) is 0. The third-order valence-corrected chi connectivity index (χ3v) is 5.26. The molecule has 0 saturated carbocycles. The number of hydrogen-bond donors (Lipinski definition) is 2. The molecule has 2 aromatic rings. The van der Waals surface area contributed by atoms with Gasteiger partial charge in [-0.1, -0.05) is 0 Å². The number of anilines is 2. The van der Waals surface area contributed by atoms with Crippen LogP contribution < -0.4 is 10.5 Å². The van der Waals surface area contributed by atoms with Gasteiger partial charge < -0.3 is 5.73 Å². The molecule has 7 heteroatoms. The number of aryl methyl sites for hydroxylation is 2. The van der Waals surface area contributed by atoms with E-state index in [1.165, 1.54) is 12.1 Å². The van der Waals surface area contributed by atoms with E-state index < -0.39 is 15.8 Å². The first-order valence-electron chi connectivity index (χ1n) is 6.05. The molecule has 2 rings (SSSR count). The van der Waals surface area contributed by atoms with E-state index in [9.17, 15) is 12.8 Å². The van der Waals surface area contributed by atoms with Crippen molar-refractivity contribution < 1.29 is 12.8 Å². The van der Waals surface area contributed by atoms with Crippen LogP contribution >= 0.6 is 15.9 Å². The molecule has 0 radical (unpaired) electrons. The monoisotopic (exact) mass is 372 g/mol. The second kappa shape index (κ2) is 5.65. The third-order valence-electron chi connectivity index (χ3n) is 2.93. The maximum Gasteiger partial charge on any atom is 0.262 e. The second-order valence-corrected chi connectivity index (χ2v) is 7.19. The van der Waals surface area contributed by atoms with Crippen LogP contribution in [0.2, 0.25) is 0 Å². The number of sulfonamides is 1. The molecule has 0 heterocycles. The van der Waals surface area contributed by atoms with Gasteiger partial charge in [-0.25, -0.2) is 12.8 Å². The first-order valence-corrected chi connectivity index (χ1v) is 8.33. The number of nitrogen functional groups attached to an aromatic ring is 1. The van der Waals surface area contributed by atoms with Crippen molar-refractivity contribution in [3.05, 3.63) is 51.7 Å². The standard InChI is InChI=1S/C14H14BrFN2O2S/c1-8-5-10(16)6-9(2)14(8)21(19,20)18-13-4-3-11(17)7-12(13)15/h3-7,18H,17H2,1-2H3. The van der Waals surface area contributed by atoms with Crippen LogP contribution in [0.5, 0.6) is 0 Å². The van der Waals surface area contributed by atoms with Gasteiger partial charge in [0.1, 0.15) is 5.82 Å². The summed E-state index contributed by atoms with van der Waals surface area (Å²) in [6.07, 6.45) is 0. The van der Waals surface area contributed by atoms with E-state index in [4.69, 9.17) is 5.73 Å². The lowest BCUT2D eigenvalue weighted by Crippen LogP contribution is -2.16. The molecule has 0 unspecified atom stereocenters. The van der Waals surface area contributed by atoms with Crippen molar-refractivity contribution in [1.82, 2.24) is 0 Å². The lowest BCUT2D eigenvalue weighted by molar-refractivity contribution is 0.597. The highest BCUT2D eigenvalue weighted by Crippen LogP contribution is 2.29. The Labute approximate surface area is 131 Å². The summed E-state index contributed by atoms with van der Waals surface area (Å²) < 4.78 is 41.3. The quantitative estimate of drug-likeness (QED) is 0.808. The smallest absolute Gasteiger partial charge is 0.262 e. The largest absolute Gasteiger partial charge is 0.399 e. The van der Waals surface area contributed by atoms with Gasteiger partial charge in [-0.05, 0) is 71.2 Å². The zero-order valence-corrected chi connectivity index (χ0v) is 13.8. The SMILES string of the molecule is Cc1cc(F)cc(C)c1S(=O)(=O)Nc1ccc(N)cc1Br. The maximum atomic E-state index is 13.3. The first kappa shape index (κ1) is 15.8. The van der Waals surface area contributed by atoms with Crippen LogP contribution in [0.4, 0.5) is 15.8 Å². The lowest BCUT2D eigenvalue weighted by Gasteiger charge is -2.14. The molecule has 0 aromatic heterocycles. The Balaban J connectivity index is 2.48. The summed E-state index contributed by atoms with van der Waals surface area (Å²) in [6.45, 7) is 3.12. The molecule has 112 valence electrons. The Morgan fingerprint density at radius 1 is 1.14 bits per heavy atom. The molecule has 4 nitrogen and oxygen atoms in total. The summed E-state index contributed by atoms with van der Waals surface area (Å²) in [5.41, 5.74) is 7.21. The molecule has 0 aliphatic carbocycles. The van der Waals surface area contributed by atoms with Crippen LogP contribution in [-0.2, 0) is 10.0 Å². The van der Waals surface area contributed by atoms with Gasteiger partial charge in [0.25, 0.3) is 10.0 Å². The minimum Gasteiger partial charge on any atom is -0.399 e. The van der Waals surface area contributed by atoms with Crippen LogP contribution in [0.3, 0.4) is 0 Å². The summed E-state index contributed by atoms with van der Waals surface area (Å²) in [4.78, 5) is 0.0765. The van der Waals surface area contributed by atoms with Crippen molar-refractivity contribution in [1.29, 1.82) is 0 Å². The van der Waals surface area contributed by atoms with E-state index in [-0.39, 0.29) is 4.90 Å². The van der Waals surface area contributed by atoms with Gasteiger partial charge in [-0.3, -0.25) is 4.72 Å². The molecule has 0 bridgehead atoms. The molecular weight excluding hydrogens is 359 g/mol. The Morgan fingerprint density at radius 2 is 1.71 bits per heavy atom. The molecule has 0 aliphatic heterocycles. The van der Waals surface area contributed by atoms with Crippen molar-refractivity contribution in [3.8, 4) is 0 Å². The molecular formula is C14H14BrFN2O2S. The van der Waals surface area contributed by atoms with Gasteiger partial charge in [-0.15, -0.1) is 0 Å². The topological polar surface area (TPSA) is 72.2 Å². The number of halogens is 2. The van der Waals surface area contributed by atoms with E-state index in [1.807, 2.05) is 0 Å². The fourth-order valence-corrected chi connectivity index (χ4v) is 4.29. The number of benzene rings is 2. The van der Waals surface area contributed by atoms with Crippen molar-refractivity contribution >= 4 is 37.3 Å². The summed E-state index contributed by atoms with van der Waals surface area (Å²) in [5.74, 6) is -0.461. The molecule has 0 amide bonds. The number of nitrogens with two attached hydrogens (primary N) is 1. The van der Waals surface area contributed by atoms with E-state index >= 15 is 0 Å². The molecule has 0 atom stereocenters. The van der Waals surface area contributed by atoms with E-state index in [1.54, 1.807) is 32.0 Å². The van der Waals surface area contributed by atoms with Crippen LogP contribution in [0.15, 0.2) is 39.7 Å². The van der Waals surface area contributed by atoms with Gasteiger partial charge >= 0.3 is 0 Å². The van der Waals surface area contributed by atoms with Crippen LogP contribution in [0.25, 0.3) is 0 Å². The van der Waals surface area contributed by atoms with Gasteiger partial charge in [-0.2, -0.15) is 0 Å². The maximum absolute atomic E-state index is 13.3. The first-order chi connectivity index (χ1) is 9.70. The summed E-state index contributed by atoms with van der Waals surface area (Å²) in [6, 6.07) is 7.14. The molecule has 0 aliphatic rings. The van der Waals surface area contributed by atoms with Gasteiger partial charge in [0, 0.05) is 10.2 Å². The van der Waals surface area contributed by atoms with E-state index in [0.717, 1.165) is 0 Å². The predicted molar refractivity (Wildman–Crippen MR) is 85.2 cm³/mol. The van der Waals surface area contributed by atoms with Crippen molar-refractivity contribution in [3.63, 3.8) is 0 Å². The number of nitrogens with one attached hydrogen (secondary N) is 1. The molecule has 21 heavy (non-hydrogen) atoms. The molecule has 3 N–H and O–H groups in total. The lowest BCUT2D eigenvalue weighted by atomic mass is 10.1. The fraction of sp³-hybridized carbons (Fsp3) is 0.143. The number of hydrogen-bond acceptors (Lipinski definition) is 3. The zero-order chi connectivity index (χ0) is 15.8. The predicted octanol–water partition coefficient (Wildman–Crippen LogP) is 3.59.